The van der Waals surface area contributed by atoms with Crippen LogP contribution in [0.1, 0.15) is 17.4 Å². The van der Waals surface area contributed by atoms with Gasteiger partial charge in [0.15, 0.2) is 0 Å². The number of nitrogens with one attached hydrogen (secondary N) is 1. The second kappa shape index (κ2) is 5.77. The molecule has 0 saturated heterocycles. The van der Waals surface area contributed by atoms with Gasteiger partial charge in [0, 0.05) is 5.02 Å². The molecule has 0 aromatic heterocycles. The van der Waals surface area contributed by atoms with Crippen LogP contribution in [-0.4, -0.2) is 15.0 Å². The summed E-state index contributed by atoms with van der Waals surface area (Å²) in [6, 6.07) is 13.7. The van der Waals surface area contributed by atoms with Gasteiger partial charge < -0.3 is 4.74 Å². The van der Waals surface area contributed by atoms with Gasteiger partial charge in [-0.15, -0.1) is 0 Å². The fourth-order valence-electron chi connectivity index (χ4n) is 2.31. The van der Waals surface area contributed by atoms with Crippen molar-refractivity contribution in [1.82, 2.24) is 4.72 Å². The maximum atomic E-state index is 12.4. The number of rotatable bonds is 3. The van der Waals surface area contributed by atoms with Crippen LogP contribution < -0.4 is 4.72 Å². The van der Waals surface area contributed by atoms with Crippen LogP contribution in [0.3, 0.4) is 0 Å². The normalized spacial score (nSPS) is 18.2. The molecule has 0 saturated carbocycles. The summed E-state index contributed by atoms with van der Waals surface area (Å²) < 4.78 is 32.9. The highest BCUT2D eigenvalue weighted by Crippen LogP contribution is 2.26. The van der Waals surface area contributed by atoms with Crippen molar-refractivity contribution in [3.8, 4) is 0 Å². The first-order valence-electron chi connectivity index (χ1n) is 6.53. The molecule has 2 aromatic carbocycles. The molecule has 21 heavy (non-hydrogen) atoms. The Labute approximate surface area is 128 Å². The predicted octanol–water partition coefficient (Wildman–Crippen LogP) is 2.89. The Morgan fingerprint density at radius 1 is 1.10 bits per heavy atom. The lowest BCUT2D eigenvalue weighted by molar-refractivity contribution is 0.0348. The number of hydrogen-bond donors (Lipinski definition) is 1. The van der Waals surface area contributed by atoms with Crippen molar-refractivity contribution in [2.45, 2.75) is 17.5 Å². The summed E-state index contributed by atoms with van der Waals surface area (Å²) >= 11 is 5.78. The SMILES string of the molecule is O=S(=O)(NC1OCCc2ccccc21)c1ccc(Cl)cc1. The third kappa shape index (κ3) is 3.11. The highest BCUT2D eigenvalue weighted by Gasteiger charge is 2.26. The number of ether oxygens (including phenoxy) is 1. The Kier molecular flexibility index (Phi) is 3.99. The largest absolute Gasteiger partial charge is 0.358 e. The minimum absolute atomic E-state index is 0.165. The van der Waals surface area contributed by atoms with Crippen molar-refractivity contribution in [2.24, 2.45) is 0 Å². The Balaban J connectivity index is 1.88. The van der Waals surface area contributed by atoms with Crippen LogP contribution in [0.15, 0.2) is 53.4 Å². The topological polar surface area (TPSA) is 55.4 Å². The molecule has 1 unspecified atom stereocenters. The monoisotopic (exact) mass is 323 g/mol. The van der Waals surface area contributed by atoms with E-state index in [9.17, 15) is 8.42 Å². The molecule has 0 bridgehead atoms. The van der Waals surface area contributed by atoms with Gasteiger partial charge in [0.1, 0.15) is 6.23 Å². The van der Waals surface area contributed by atoms with Gasteiger partial charge in [-0.1, -0.05) is 35.9 Å². The van der Waals surface area contributed by atoms with Crippen LogP contribution in [0.2, 0.25) is 5.02 Å². The molecule has 1 N–H and O–H groups in total. The third-order valence-electron chi connectivity index (χ3n) is 3.38. The van der Waals surface area contributed by atoms with Crippen molar-refractivity contribution >= 4 is 21.6 Å². The minimum Gasteiger partial charge on any atom is -0.358 e. The molecule has 110 valence electrons. The van der Waals surface area contributed by atoms with Crippen molar-refractivity contribution in [1.29, 1.82) is 0 Å². The smallest absolute Gasteiger partial charge is 0.242 e. The van der Waals surface area contributed by atoms with E-state index < -0.39 is 16.3 Å². The van der Waals surface area contributed by atoms with E-state index in [0.29, 0.717) is 11.6 Å². The second-order valence-electron chi connectivity index (χ2n) is 4.77. The number of hydrogen-bond acceptors (Lipinski definition) is 3. The standard InChI is InChI=1S/C15H14ClNO3S/c16-12-5-7-13(8-6-12)21(18,19)17-15-14-4-2-1-3-11(14)9-10-20-15/h1-8,15,17H,9-10H2. The van der Waals surface area contributed by atoms with Crippen LogP contribution in [0.25, 0.3) is 0 Å². The van der Waals surface area contributed by atoms with Crippen LogP contribution >= 0.6 is 11.6 Å². The number of fused-ring (bicyclic) bond motifs is 1. The zero-order valence-corrected chi connectivity index (χ0v) is 12.7. The lowest BCUT2D eigenvalue weighted by Crippen LogP contribution is -2.33. The molecule has 1 atom stereocenters. The lowest BCUT2D eigenvalue weighted by Gasteiger charge is -2.26. The van der Waals surface area contributed by atoms with Crippen molar-refractivity contribution in [2.75, 3.05) is 6.61 Å². The summed E-state index contributed by atoms with van der Waals surface area (Å²) in [5, 5.41) is 0.494. The Morgan fingerprint density at radius 3 is 2.57 bits per heavy atom. The minimum atomic E-state index is -3.65. The number of halogens is 1. The van der Waals surface area contributed by atoms with E-state index in [4.69, 9.17) is 16.3 Å². The fourth-order valence-corrected chi connectivity index (χ4v) is 3.55. The molecule has 6 heteroatoms. The van der Waals surface area contributed by atoms with E-state index >= 15 is 0 Å². The first-order chi connectivity index (χ1) is 10.1. The summed E-state index contributed by atoms with van der Waals surface area (Å²) in [6.07, 6.45) is 0.130. The van der Waals surface area contributed by atoms with Gasteiger partial charge in [-0.05, 0) is 41.8 Å². The summed E-state index contributed by atoms with van der Waals surface area (Å²) in [7, 11) is -3.65. The molecule has 1 aliphatic rings. The first kappa shape index (κ1) is 14.5. The van der Waals surface area contributed by atoms with Gasteiger partial charge in [0.2, 0.25) is 10.0 Å². The lowest BCUT2D eigenvalue weighted by atomic mass is 10.0. The number of benzene rings is 2. The molecule has 0 aliphatic carbocycles. The second-order valence-corrected chi connectivity index (χ2v) is 6.93. The van der Waals surface area contributed by atoms with Gasteiger partial charge in [0.05, 0.1) is 11.5 Å². The van der Waals surface area contributed by atoms with E-state index in [1.165, 1.54) is 12.1 Å². The fraction of sp³-hybridized carbons (Fsp3) is 0.200. The maximum Gasteiger partial charge on any atom is 0.242 e. The molecule has 1 aliphatic heterocycles. The molecule has 0 amide bonds. The number of sulfonamides is 1. The molecule has 0 fully saturated rings. The van der Waals surface area contributed by atoms with Crippen LogP contribution in [0.5, 0.6) is 0 Å². The van der Waals surface area contributed by atoms with Gasteiger partial charge in [0.25, 0.3) is 0 Å². The average Bonchev–Trinajstić information content (AvgIpc) is 2.48. The molecule has 0 radical (unpaired) electrons. The molecular formula is C15H14ClNO3S. The van der Waals surface area contributed by atoms with Gasteiger partial charge in [-0.2, -0.15) is 4.72 Å². The van der Waals surface area contributed by atoms with Gasteiger partial charge >= 0.3 is 0 Å². The summed E-state index contributed by atoms with van der Waals surface area (Å²) in [5.74, 6) is 0. The zero-order valence-electron chi connectivity index (χ0n) is 11.1. The highest BCUT2D eigenvalue weighted by molar-refractivity contribution is 7.89. The van der Waals surface area contributed by atoms with E-state index in [2.05, 4.69) is 4.72 Å². The molecule has 4 nitrogen and oxygen atoms in total. The predicted molar refractivity (Wildman–Crippen MR) is 80.6 cm³/mol. The van der Waals surface area contributed by atoms with Gasteiger partial charge in [-0.25, -0.2) is 8.42 Å². The van der Waals surface area contributed by atoms with Crippen LogP contribution in [0.4, 0.5) is 0 Å². The average molecular weight is 324 g/mol. The summed E-state index contributed by atoms with van der Waals surface area (Å²) in [6.45, 7) is 0.491. The summed E-state index contributed by atoms with van der Waals surface area (Å²) in [5.41, 5.74) is 1.97. The quantitative estimate of drug-likeness (QED) is 0.945. The summed E-state index contributed by atoms with van der Waals surface area (Å²) in [4.78, 5) is 0.165. The van der Waals surface area contributed by atoms with Gasteiger partial charge in [-0.3, -0.25) is 0 Å². The Bertz CT molecular complexity index is 744. The Hall–Kier alpha value is -1.40. The third-order valence-corrected chi connectivity index (χ3v) is 5.05. The molecule has 3 rings (SSSR count). The first-order valence-corrected chi connectivity index (χ1v) is 8.40. The maximum absolute atomic E-state index is 12.4. The van der Waals surface area contributed by atoms with Crippen LogP contribution in [-0.2, 0) is 21.2 Å². The molecular weight excluding hydrogens is 310 g/mol. The van der Waals surface area contributed by atoms with E-state index in [1.807, 2.05) is 24.3 Å². The molecule has 1 heterocycles. The molecule has 0 spiro atoms. The van der Waals surface area contributed by atoms with Crippen molar-refractivity contribution < 1.29 is 13.2 Å². The van der Waals surface area contributed by atoms with Crippen molar-refractivity contribution in [3.63, 3.8) is 0 Å². The van der Waals surface area contributed by atoms with Crippen LogP contribution in [0, 0.1) is 0 Å². The van der Waals surface area contributed by atoms with Crippen molar-refractivity contribution in [3.05, 3.63) is 64.7 Å². The van der Waals surface area contributed by atoms with E-state index in [1.54, 1.807) is 12.1 Å². The highest BCUT2D eigenvalue weighted by atomic mass is 35.5. The Morgan fingerprint density at radius 2 is 1.81 bits per heavy atom. The zero-order chi connectivity index (χ0) is 14.9. The molecule has 2 aromatic rings. The van der Waals surface area contributed by atoms with E-state index in [-0.39, 0.29) is 4.90 Å². The van der Waals surface area contributed by atoms with E-state index in [0.717, 1.165) is 17.5 Å².